The van der Waals surface area contributed by atoms with Gasteiger partial charge in [0.05, 0.1) is 17.9 Å². The number of benzene rings is 3. The van der Waals surface area contributed by atoms with Gasteiger partial charge in [-0.05, 0) is 61.4 Å². The molecule has 0 aliphatic heterocycles. The molecule has 1 N–H and O–H groups in total. The predicted octanol–water partition coefficient (Wildman–Crippen LogP) is 4.82. The van der Waals surface area contributed by atoms with Gasteiger partial charge in [-0.15, -0.1) is 0 Å². The molecule has 0 aliphatic carbocycles. The number of methoxy groups -OCH3 is 1. The Hall–Kier alpha value is -3.60. The summed E-state index contributed by atoms with van der Waals surface area (Å²) < 4.78 is 11.2. The van der Waals surface area contributed by atoms with E-state index in [0.717, 1.165) is 11.1 Å². The normalized spacial score (nSPS) is 11.0. The van der Waals surface area contributed by atoms with Gasteiger partial charge in [0, 0.05) is 17.3 Å². The molecule has 4 rings (SSSR count). The summed E-state index contributed by atoms with van der Waals surface area (Å²) in [4.78, 5) is 25.4. The van der Waals surface area contributed by atoms with Crippen molar-refractivity contribution >= 4 is 33.5 Å². The van der Waals surface area contributed by atoms with Crippen molar-refractivity contribution < 1.29 is 13.9 Å². The minimum atomic E-state index is -0.270. The fourth-order valence-corrected chi connectivity index (χ4v) is 3.35. The highest BCUT2D eigenvalue weighted by atomic mass is 16.5. The van der Waals surface area contributed by atoms with E-state index in [9.17, 15) is 9.59 Å². The molecular formula is C23H19NO4. The van der Waals surface area contributed by atoms with Gasteiger partial charge in [0.2, 0.25) is 5.43 Å². The number of rotatable bonds is 3. The van der Waals surface area contributed by atoms with Crippen molar-refractivity contribution in [2.45, 2.75) is 13.8 Å². The molecule has 0 atom stereocenters. The minimum Gasteiger partial charge on any atom is -0.497 e. The minimum absolute atomic E-state index is 0.0753. The second kappa shape index (κ2) is 6.85. The molecule has 0 radical (unpaired) electrons. The van der Waals surface area contributed by atoms with Crippen molar-refractivity contribution in [1.29, 1.82) is 0 Å². The number of amides is 1. The van der Waals surface area contributed by atoms with Crippen LogP contribution in [0.25, 0.3) is 21.9 Å². The molecule has 0 fully saturated rings. The maximum atomic E-state index is 12.9. The molecule has 1 amide bonds. The third-order valence-corrected chi connectivity index (χ3v) is 4.69. The lowest BCUT2D eigenvalue weighted by Crippen LogP contribution is -2.12. The van der Waals surface area contributed by atoms with Gasteiger partial charge in [0.25, 0.3) is 5.91 Å². The van der Waals surface area contributed by atoms with E-state index in [1.54, 1.807) is 49.6 Å². The van der Waals surface area contributed by atoms with Gasteiger partial charge >= 0.3 is 0 Å². The first-order chi connectivity index (χ1) is 13.5. The van der Waals surface area contributed by atoms with Crippen molar-refractivity contribution in [1.82, 2.24) is 0 Å². The molecule has 1 heterocycles. The second-order valence-corrected chi connectivity index (χ2v) is 6.79. The zero-order chi connectivity index (χ0) is 19.8. The van der Waals surface area contributed by atoms with Crippen LogP contribution in [0.5, 0.6) is 5.75 Å². The van der Waals surface area contributed by atoms with Crippen molar-refractivity contribution in [3.05, 3.63) is 81.5 Å². The van der Waals surface area contributed by atoms with Gasteiger partial charge in [0.1, 0.15) is 16.9 Å². The van der Waals surface area contributed by atoms with E-state index in [0.29, 0.717) is 38.9 Å². The summed E-state index contributed by atoms with van der Waals surface area (Å²) in [7, 11) is 1.55. The number of ether oxygens (including phenoxy) is 1. The molecule has 5 heteroatoms. The third kappa shape index (κ3) is 3.11. The lowest BCUT2D eigenvalue weighted by atomic mass is 10.1. The second-order valence-electron chi connectivity index (χ2n) is 6.79. The van der Waals surface area contributed by atoms with Gasteiger partial charge in [0.15, 0.2) is 0 Å². The molecule has 0 aliphatic rings. The van der Waals surface area contributed by atoms with Gasteiger partial charge in [-0.2, -0.15) is 0 Å². The molecule has 0 unspecified atom stereocenters. The van der Waals surface area contributed by atoms with Crippen LogP contribution in [0.3, 0.4) is 0 Å². The summed E-state index contributed by atoms with van der Waals surface area (Å²) in [6, 6.07) is 15.8. The number of nitrogens with one attached hydrogen (secondary N) is 1. The monoisotopic (exact) mass is 373 g/mol. The number of hydrogen-bond donors (Lipinski definition) is 1. The highest BCUT2D eigenvalue weighted by Crippen LogP contribution is 2.25. The lowest BCUT2D eigenvalue weighted by Gasteiger charge is -2.09. The van der Waals surface area contributed by atoms with E-state index in [-0.39, 0.29) is 11.3 Å². The van der Waals surface area contributed by atoms with Crippen LogP contribution in [-0.2, 0) is 0 Å². The van der Waals surface area contributed by atoms with Gasteiger partial charge < -0.3 is 14.5 Å². The number of carbonyl (C=O) groups excluding carboxylic acids is 1. The Morgan fingerprint density at radius 1 is 1.00 bits per heavy atom. The van der Waals surface area contributed by atoms with E-state index in [1.807, 2.05) is 26.0 Å². The molecule has 3 aromatic carbocycles. The maximum absolute atomic E-state index is 12.9. The zero-order valence-corrected chi connectivity index (χ0v) is 15.8. The molecule has 0 saturated heterocycles. The van der Waals surface area contributed by atoms with Crippen LogP contribution >= 0.6 is 0 Å². The number of aryl methyl sites for hydroxylation is 2. The van der Waals surface area contributed by atoms with Crippen molar-refractivity contribution in [2.24, 2.45) is 0 Å². The van der Waals surface area contributed by atoms with Crippen LogP contribution in [0, 0.1) is 13.8 Å². The Morgan fingerprint density at radius 3 is 2.61 bits per heavy atom. The van der Waals surface area contributed by atoms with Crippen LogP contribution in [0.15, 0.2) is 63.8 Å². The summed E-state index contributed by atoms with van der Waals surface area (Å²) in [5.41, 5.74) is 3.87. The number of carbonyl (C=O) groups is 1. The van der Waals surface area contributed by atoms with Crippen LogP contribution in [-0.4, -0.2) is 13.0 Å². The fraction of sp³-hybridized carbons (Fsp3) is 0.130. The Kier molecular flexibility index (Phi) is 4.35. The molecule has 140 valence electrons. The maximum Gasteiger partial charge on any atom is 0.255 e. The SMILES string of the molecule is COc1cccc(C(=O)Nc2ccc3c(=O)c4cc(C)cc(C)c4oc3c2)c1. The first kappa shape index (κ1) is 17.8. The molecule has 1 aromatic heterocycles. The average molecular weight is 373 g/mol. The van der Waals surface area contributed by atoms with E-state index in [4.69, 9.17) is 9.15 Å². The van der Waals surface area contributed by atoms with E-state index in [1.165, 1.54) is 0 Å². The summed E-state index contributed by atoms with van der Waals surface area (Å²) in [5.74, 6) is 0.336. The number of anilines is 1. The third-order valence-electron chi connectivity index (χ3n) is 4.69. The number of hydrogen-bond acceptors (Lipinski definition) is 4. The first-order valence-electron chi connectivity index (χ1n) is 8.89. The molecule has 0 saturated carbocycles. The molecule has 4 aromatic rings. The number of fused-ring (bicyclic) bond motifs is 2. The Bertz CT molecular complexity index is 1290. The van der Waals surface area contributed by atoms with E-state index < -0.39 is 0 Å². The Labute approximate surface area is 161 Å². The van der Waals surface area contributed by atoms with Crippen molar-refractivity contribution in [2.75, 3.05) is 12.4 Å². The highest BCUT2D eigenvalue weighted by Gasteiger charge is 2.12. The van der Waals surface area contributed by atoms with Crippen LogP contribution < -0.4 is 15.5 Å². The quantitative estimate of drug-likeness (QED) is 0.523. The highest BCUT2D eigenvalue weighted by molar-refractivity contribution is 6.05. The van der Waals surface area contributed by atoms with Crippen LogP contribution in [0.4, 0.5) is 5.69 Å². The summed E-state index contributed by atoms with van der Waals surface area (Å²) in [5, 5.41) is 3.89. The first-order valence-corrected chi connectivity index (χ1v) is 8.89. The topological polar surface area (TPSA) is 68.5 Å². The van der Waals surface area contributed by atoms with E-state index >= 15 is 0 Å². The molecule has 0 spiro atoms. The van der Waals surface area contributed by atoms with E-state index in [2.05, 4.69) is 5.32 Å². The standard InChI is InChI=1S/C23H19NO4/c1-13-9-14(2)22-19(10-13)21(25)18-8-7-16(12-20(18)28-22)24-23(26)15-5-4-6-17(11-15)27-3/h4-12H,1-3H3,(H,24,26). The van der Waals surface area contributed by atoms with Crippen molar-refractivity contribution in [3.63, 3.8) is 0 Å². The Morgan fingerprint density at radius 2 is 1.82 bits per heavy atom. The lowest BCUT2D eigenvalue weighted by molar-refractivity contribution is 0.102. The molecular weight excluding hydrogens is 354 g/mol. The Balaban J connectivity index is 1.76. The largest absolute Gasteiger partial charge is 0.497 e. The molecule has 5 nitrogen and oxygen atoms in total. The summed E-state index contributed by atoms with van der Waals surface area (Å²) in [6.07, 6.45) is 0. The fourth-order valence-electron chi connectivity index (χ4n) is 3.35. The van der Waals surface area contributed by atoms with Crippen LogP contribution in [0.1, 0.15) is 21.5 Å². The smallest absolute Gasteiger partial charge is 0.255 e. The van der Waals surface area contributed by atoms with Gasteiger partial charge in [-0.3, -0.25) is 9.59 Å². The molecule has 0 bridgehead atoms. The molecule has 28 heavy (non-hydrogen) atoms. The predicted molar refractivity (Wildman–Crippen MR) is 110 cm³/mol. The average Bonchev–Trinajstić information content (AvgIpc) is 2.69. The van der Waals surface area contributed by atoms with Gasteiger partial charge in [-0.1, -0.05) is 12.1 Å². The van der Waals surface area contributed by atoms with Gasteiger partial charge in [-0.25, -0.2) is 0 Å². The zero-order valence-electron chi connectivity index (χ0n) is 15.8. The van der Waals surface area contributed by atoms with Crippen LogP contribution in [0.2, 0.25) is 0 Å². The summed E-state index contributed by atoms with van der Waals surface area (Å²) in [6.45, 7) is 3.87. The van der Waals surface area contributed by atoms with Crippen molar-refractivity contribution in [3.8, 4) is 5.75 Å². The summed E-state index contributed by atoms with van der Waals surface area (Å²) >= 11 is 0.